The van der Waals surface area contributed by atoms with Gasteiger partial charge < -0.3 is 5.32 Å². The van der Waals surface area contributed by atoms with Gasteiger partial charge in [-0.15, -0.1) is 11.8 Å². The Hall–Kier alpha value is -2.07. The maximum atomic E-state index is 11.9. The van der Waals surface area contributed by atoms with E-state index in [4.69, 9.17) is 0 Å². The number of nitro benzene ring substituents is 1. The summed E-state index contributed by atoms with van der Waals surface area (Å²) in [6.07, 6.45) is 3.33. The third kappa shape index (κ3) is 3.95. The monoisotopic (exact) mass is 305 g/mol. The lowest BCUT2D eigenvalue weighted by atomic mass is 10.0. The lowest BCUT2D eigenvalue weighted by Gasteiger charge is -2.21. The fourth-order valence-corrected chi connectivity index (χ4v) is 3.06. The van der Waals surface area contributed by atoms with Crippen LogP contribution in [0.15, 0.2) is 29.2 Å². The number of thioether (sulfide) groups is 1. The van der Waals surface area contributed by atoms with Crippen LogP contribution in [-0.4, -0.2) is 22.1 Å². The molecule has 110 valence electrons. The van der Waals surface area contributed by atoms with Crippen molar-refractivity contribution in [1.82, 2.24) is 5.32 Å². The van der Waals surface area contributed by atoms with Crippen LogP contribution >= 0.6 is 11.8 Å². The second kappa shape index (κ2) is 6.59. The first-order chi connectivity index (χ1) is 10.0. The minimum Gasteiger partial charge on any atom is -0.337 e. The molecule has 21 heavy (non-hydrogen) atoms. The predicted molar refractivity (Wildman–Crippen MR) is 78.8 cm³/mol. The summed E-state index contributed by atoms with van der Waals surface area (Å²) in [4.78, 5) is 22.8. The number of benzene rings is 1. The van der Waals surface area contributed by atoms with Gasteiger partial charge in [-0.1, -0.05) is 0 Å². The van der Waals surface area contributed by atoms with Crippen molar-refractivity contribution >= 4 is 23.4 Å². The SMILES string of the molecule is N#CC1(NC(=O)CSc2ccc([N+](=O)[O-])cc2)CCCC1. The number of nitrogens with one attached hydrogen (secondary N) is 1. The maximum Gasteiger partial charge on any atom is 0.269 e. The molecule has 0 aliphatic heterocycles. The second-order valence-electron chi connectivity index (χ2n) is 4.99. The van der Waals surface area contributed by atoms with Crippen LogP contribution in [0, 0.1) is 21.4 Å². The molecule has 6 nitrogen and oxygen atoms in total. The summed E-state index contributed by atoms with van der Waals surface area (Å²) in [5, 5.41) is 22.6. The van der Waals surface area contributed by atoms with Crippen molar-refractivity contribution in [3.05, 3.63) is 34.4 Å². The Morgan fingerprint density at radius 1 is 1.38 bits per heavy atom. The topological polar surface area (TPSA) is 96.0 Å². The number of non-ortho nitro benzene ring substituents is 1. The van der Waals surface area contributed by atoms with Crippen LogP contribution < -0.4 is 5.32 Å². The molecular weight excluding hydrogens is 290 g/mol. The first kappa shape index (κ1) is 15.3. The highest BCUT2D eigenvalue weighted by Gasteiger charge is 2.35. The number of amides is 1. The Labute approximate surface area is 126 Å². The Balaban J connectivity index is 1.86. The number of rotatable bonds is 5. The molecule has 0 aromatic heterocycles. The molecule has 1 amide bonds. The minimum absolute atomic E-state index is 0.0261. The molecular formula is C14H15N3O3S. The molecule has 1 N–H and O–H groups in total. The van der Waals surface area contributed by atoms with Crippen molar-refractivity contribution < 1.29 is 9.72 Å². The van der Waals surface area contributed by atoms with E-state index >= 15 is 0 Å². The third-order valence-electron chi connectivity index (χ3n) is 3.47. The highest BCUT2D eigenvalue weighted by atomic mass is 32.2. The lowest BCUT2D eigenvalue weighted by molar-refractivity contribution is -0.384. The number of nitriles is 1. The van der Waals surface area contributed by atoms with E-state index in [9.17, 15) is 20.2 Å². The van der Waals surface area contributed by atoms with Gasteiger partial charge in [0, 0.05) is 17.0 Å². The smallest absolute Gasteiger partial charge is 0.269 e. The molecule has 0 bridgehead atoms. The van der Waals surface area contributed by atoms with E-state index in [0.717, 1.165) is 17.7 Å². The van der Waals surface area contributed by atoms with Crippen LogP contribution in [0.4, 0.5) is 5.69 Å². The lowest BCUT2D eigenvalue weighted by Crippen LogP contribution is -2.45. The molecule has 1 aliphatic rings. The molecule has 0 spiro atoms. The summed E-state index contributed by atoms with van der Waals surface area (Å²) >= 11 is 1.30. The number of hydrogen-bond acceptors (Lipinski definition) is 5. The Bertz CT molecular complexity index is 574. The van der Waals surface area contributed by atoms with E-state index in [-0.39, 0.29) is 17.3 Å². The van der Waals surface area contributed by atoms with Crippen LogP contribution in [0.5, 0.6) is 0 Å². The van der Waals surface area contributed by atoms with Crippen molar-refractivity contribution in [2.24, 2.45) is 0 Å². The highest BCUT2D eigenvalue weighted by Crippen LogP contribution is 2.29. The van der Waals surface area contributed by atoms with Gasteiger partial charge in [0.2, 0.25) is 5.91 Å². The van der Waals surface area contributed by atoms with Crippen LogP contribution in [0.2, 0.25) is 0 Å². The van der Waals surface area contributed by atoms with Crippen molar-refractivity contribution in [2.45, 2.75) is 36.1 Å². The van der Waals surface area contributed by atoms with E-state index in [1.54, 1.807) is 12.1 Å². The van der Waals surface area contributed by atoms with Crippen molar-refractivity contribution in [1.29, 1.82) is 5.26 Å². The summed E-state index contributed by atoms with van der Waals surface area (Å²) in [5.41, 5.74) is -0.675. The quantitative estimate of drug-likeness (QED) is 0.512. The largest absolute Gasteiger partial charge is 0.337 e. The zero-order valence-corrected chi connectivity index (χ0v) is 12.2. The molecule has 2 rings (SSSR count). The first-order valence-electron chi connectivity index (χ1n) is 6.64. The highest BCUT2D eigenvalue weighted by molar-refractivity contribution is 8.00. The molecule has 0 saturated heterocycles. The molecule has 1 aromatic carbocycles. The Kier molecular flexibility index (Phi) is 4.81. The number of carbonyl (C=O) groups is 1. The van der Waals surface area contributed by atoms with Gasteiger partial charge >= 0.3 is 0 Å². The minimum atomic E-state index is -0.701. The van der Waals surface area contributed by atoms with Gasteiger partial charge in [-0.2, -0.15) is 5.26 Å². The number of nitro groups is 1. The second-order valence-corrected chi connectivity index (χ2v) is 6.04. The molecule has 1 fully saturated rings. The number of carbonyl (C=O) groups excluding carboxylic acids is 1. The van der Waals surface area contributed by atoms with Gasteiger partial charge in [-0.3, -0.25) is 14.9 Å². The molecule has 7 heteroatoms. The maximum absolute atomic E-state index is 11.9. The van der Waals surface area contributed by atoms with Crippen molar-refractivity contribution in [3.8, 4) is 6.07 Å². The zero-order valence-electron chi connectivity index (χ0n) is 11.4. The van der Waals surface area contributed by atoms with Gasteiger partial charge in [0.05, 0.1) is 16.7 Å². The van der Waals surface area contributed by atoms with Gasteiger partial charge in [-0.25, -0.2) is 0 Å². The van der Waals surface area contributed by atoms with Gasteiger partial charge in [-0.05, 0) is 37.8 Å². The molecule has 1 saturated carbocycles. The van der Waals surface area contributed by atoms with Gasteiger partial charge in [0.1, 0.15) is 5.54 Å². The van der Waals surface area contributed by atoms with E-state index in [1.165, 1.54) is 23.9 Å². The summed E-state index contributed by atoms with van der Waals surface area (Å²) in [6, 6.07) is 8.27. The molecule has 0 atom stereocenters. The average Bonchev–Trinajstić information content (AvgIpc) is 2.94. The average molecular weight is 305 g/mol. The zero-order chi connectivity index (χ0) is 15.3. The van der Waals surface area contributed by atoms with Crippen LogP contribution in [-0.2, 0) is 4.79 Å². The summed E-state index contributed by atoms with van der Waals surface area (Å²) in [5.74, 6) is 0.0168. The van der Waals surface area contributed by atoms with E-state index in [0.29, 0.717) is 12.8 Å². The predicted octanol–water partition coefficient (Wildman–Crippen LogP) is 2.64. The van der Waals surface area contributed by atoms with E-state index in [2.05, 4.69) is 11.4 Å². The normalized spacial score (nSPS) is 16.1. The molecule has 1 aliphatic carbocycles. The van der Waals surface area contributed by atoms with E-state index < -0.39 is 10.5 Å². The molecule has 0 heterocycles. The molecule has 0 radical (unpaired) electrons. The van der Waals surface area contributed by atoms with Crippen molar-refractivity contribution in [2.75, 3.05) is 5.75 Å². The summed E-state index contributed by atoms with van der Waals surface area (Å²) < 4.78 is 0. The van der Waals surface area contributed by atoms with Crippen LogP contribution in [0.1, 0.15) is 25.7 Å². The van der Waals surface area contributed by atoms with Gasteiger partial charge in [0.25, 0.3) is 5.69 Å². The van der Waals surface area contributed by atoms with Crippen LogP contribution in [0.25, 0.3) is 0 Å². The summed E-state index contributed by atoms with van der Waals surface area (Å²) in [7, 11) is 0. The first-order valence-corrected chi connectivity index (χ1v) is 7.63. The van der Waals surface area contributed by atoms with Crippen LogP contribution in [0.3, 0.4) is 0 Å². The van der Waals surface area contributed by atoms with Crippen molar-refractivity contribution in [3.63, 3.8) is 0 Å². The Morgan fingerprint density at radius 3 is 2.52 bits per heavy atom. The molecule has 0 unspecified atom stereocenters. The standard InChI is InChI=1S/C14H15N3O3S/c15-10-14(7-1-2-8-14)16-13(18)9-21-12-5-3-11(4-6-12)17(19)20/h3-6H,1-2,7-9H2,(H,16,18). The van der Waals surface area contributed by atoms with Gasteiger partial charge in [0.15, 0.2) is 0 Å². The fourth-order valence-electron chi connectivity index (χ4n) is 2.36. The third-order valence-corrected chi connectivity index (χ3v) is 4.48. The number of hydrogen-bond donors (Lipinski definition) is 1. The molecule has 1 aromatic rings. The van der Waals surface area contributed by atoms with E-state index in [1.807, 2.05) is 0 Å². The Morgan fingerprint density at radius 2 is 2.00 bits per heavy atom. The number of nitrogens with zero attached hydrogens (tertiary/aromatic N) is 2. The summed E-state index contributed by atoms with van der Waals surface area (Å²) in [6.45, 7) is 0. The fraction of sp³-hybridized carbons (Fsp3) is 0.429.